The molecular formula is C24H27F3N4S. The van der Waals surface area contributed by atoms with Crippen molar-refractivity contribution in [1.29, 1.82) is 0 Å². The minimum absolute atomic E-state index is 0.278. The molecule has 2 N–H and O–H groups in total. The predicted octanol–water partition coefficient (Wildman–Crippen LogP) is 5.91. The Morgan fingerprint density at radius 3 is 2.56 bits per heavy atom. The van der Waals surface area contributed by atoms with Gasteiger partial charge in [0.05, 0.1) is 11.8 Å². The Bertz CT molecular complexity index is 1040. The van der Waals surface area contributed by atoms with Gasteiger partial charge >= 0.3 is 6.18 Å². The third-order valence-electron chi connectivity index (χ3n) is 6.63. The summed E-state index contributed by atoms with van der Waals surface area (Å²) in [6.45, 7) is 1.06. The molecule has 32 heavy (non-hydrogen) atoms. The normalized spacial score (nSPS) is 25.7. The molecule has 0 saturated heterocycles. The molecule has 0 amide bonds. The summed E-state index contributed by atoms with van der Waals surface area (Å²) in [5.74, 6) is 1.99. The van der Waals surface area contributed by atoms with Crippen molar-refractivity contribution >= 4 is 27.4 Å². The first-order valence-corrected chi connectivity index (χ1v) is 12.1. The summed E-state index contributed by atoms with van der Waals surface area (Å²) in [4.78, 5) is 9.38. The topological polar surface area (TPSA) is 49.8 Å². The number of halogens is 3. The summed E-state index contributed by atoms with van der Waals surface area (Å²) in [6.07, 6.45) is 1.91. The number of aromatic nitrogens is 2. The van der Waals surface area contributed by atoms with Crippen molar-refractivity contribution in [2.24, 2.45) is 5.92 Å². The molecule has 0 radical (unpaired) electrons. The summed E-state index contributed by atoms with van der Waals surface area (Å²) in [6, 6.07) is 13.2. The van der Waals surface area contributed by atoms with Gasteiger partial charge in [0.15, 0.2) is 0 Å². The van der Waals surface area contributed by atoms with E-state index < -0.39 is 12.6 Å². The van der Waals surface area contributed by atoms with Crippen LogP contribution in [0.15, 0.2) is 42.7 Å². The number of hydrogen-bond donors (Lipinski definition) is 2. The lowest BCUT2D eigenvalue weighted by Crippen LogP contribution is -2.32. The highest BCUT2D eigenvalue weighted by molar-refractivity contribution is 7.18. The zero-order valence-electron chi connectivity index (χ0n) is 17.7. The van der Waals surface area contributed by atoms with Gasteiger partial charge in [-0.2, -0.15) is 13.2 Å². The van der Waals surface area contributed by atoms with Crippen LogP contribution in [0.2, 0.25) is 0 Å². The van der Waals surface area contributed by atoms with Crippen LogP contribution in [0.3, 0.4) is 0 Å². The van der Waals surface area contributed by atoms with Gasteiger partial charge in [0.1, 0.15) is 17.0 Å². The summed E-state index contributed by atoms with van der Waals surface area (Å²) in [5, 5.41) is 7.93. The van der Waals surface area contributed by atoms with E-state index in [9.17, 15) is 13.2 Å². The molecule has 0 unspecified atom stereocenters. The molecular weight excluding hydrogens is 433 g/mol. The molecule has 1 aromatic carbocycles. The molecule has 8 heteroatoms. The first-order valence-electron chi connectivity index (χ1n) is 11.3. The second kappa shape index (κ2) is 8.98. The van der Waals surface area contributed by atoms with Crippen LogP contribution in [0.5, 0.6) is 0 Å². The number of rotatable bonds is 7. The molecule has 5 rings (SSSR count). The average molecular weight is 461 g/mol. The van der Waals surface area contributed by atoms with E-state index in [0.29, 0.717) is 40.0 Å². The first kappa shape index (κ1) is 21.6. The Hall–Kier alpha value is -2.19. The average Bonchev–Trinajstić information content (AvgIpc) is 3.44. The molecule has 4 nitrogen and oxygen atoms in total. The number of anilines is 1. The van der Waals surface area contributed by atoms with Crippen LogP contribution < -0.4 is 10.6 Å². The van der Waals surface area contributed by atoms with Gasteiger partial charge in [0.2, 0.25) is 0 Å². The third-order valence-corrected chi connectivity index (χ3v) is 7.67. The van der Waals surface area contributed by atoms with Crippen LogP contribution in [-0.4, -0.2) is 34.8 Å². The van der Waals surface area contributed by atoms with Gasteiger partial charge in [-0.3, -0.25) is 0 Å². The highest BCUT2D eigenvalue weighted by Crippen LogP contribution is 2.41. The van der Waals surface area contributed by atoms with Gasteiger partial charge in [0.25, 0.3) is 0 Å². The maximum absolute atomic E-state index is 12.8. The maximum Gasteiger partial charge on any atom is 0.393 e. The summed E-state index contributed by atoms with van der Waals surface area (Å²) in [7, 11) is 0. The molecule has 2 fully saturated rings. The third kappa shape index (κ3) is 5.23. The monoisotopic (exact) mass is 460 g/mol. The summed E-state index contributed by atoms with van der Waals surface area (Å²) in [5.41, 5.74) is 1.43. The van der Waals surface area contributed by atoms with Crippen molar-refractivity contribution in [3.05, 3.63) is 53.2 Å². The molecule has 2 heterocycles. The van der Waals surface area contributed by atoms with Gasteiger partial charge in [0, 0.05) is 22.9 Å². The number of thiophene rings is 1. The number of benzene rings is 1. The smallest absolute Gasteiger partial charge is 0.367 e. The van der Waals surface area contributed by atoms with Gasteiger partial charge in [-0.05, 0) is 56.2 Å². The Balaban J connectivity index is 1.11. The van der Waals surface area contributed by atoms with Crippen molar-refractivity contribution in [3.8, 4) is 0 Å². The van der Waals surface area contributed by atoms with Crippen LogP contribution in [0, 0.1) is 5.92 Å². The largest absolute Gasteiger partial charge is 0.393 e. The lowest BCUT2D eigenvalue weighted by molar-refractivity contribution is -0.126. The lowest BCUT2D eigenvalue weighted by atomic mass is 9.86. The van der Waals surface area contributed by atoms with E-state index in [2.05, 4.69) is 50.9 Å². The molecule has 0 aliphatic heterocycles. The molecule has 2 atom stereocenters. The minimum atomic E-state index is -4.21. The molecule has 2 aliphatic carbocycles. The maximum atomic E-state index is 12.8. The first-order chi connectivity index (χ1) is 15.4. The Morgan fingerprint density at radius 1 is 1.03 bits per heavy atom. The Kier molecular flexibility index (Phi) is 6.07. The Labute approximate surface area is 189 Å². The molecule has 2 aliphatic rings. The van der Waals surface area contributed by atoms with Crippen molar-refractivity contribution in [2.75, 3.05) is 11.9 Å². The number of nitrogens with one attached hydrogen (secondary N) is 2. The van der Waals surface area contributed by atoms with Crippen molar-refractivity contribution in [2.45, 2.75) is 62.7 Å². The van der Waals surface area contributed by atoms with Crippen LogP contribution in [0.25, 0.3) is 10.2 Å². The standard InChI is InChI=1S/C24H27F3N4S/c25-24(26,27)12-18-10-20-22(29-14-30-23(20)32-18)31-17-8-6-15(7-9-17)13-28-21-11-19(21)16-4-2-1-3-5-16/h1-5,10,14-15,17,19,21,28H,6-9,11-13H2,(H,29,30,31)/t15?,17?,19-,21+/m1/s1. The fourth-order valence-electron chi connectivity index (χ4n) is 4.82. The predicted molar refractivity (Wildman–Crippen MR) is 122 cm³/mol. The number of nitrogens with zero attached hydrogens (tertiary/aromatic N) is 2. The quantitative estimate of drug-likeness (QED) is 0.460. The molecule has 3 aromatic rings. The molecule has 2 aromatic heterocycles. The zero-order chi connectivity index (χ0) is 22.1. The van der Waals surface area contributed by atoms with Crippen LogP contribution >= 0.6 is 11.3 Å². The van der Waals surface area contributed by atoms with E-state index in [1.165, 1.54) is 18.3 Å². The molecule has 170 valence electrons. The van der Waals surface area contributed by atoms with E-state index >= 15 is 0 Å². The molecule has 2 saturated carbocycles. The number of alkyl halides is 3. The van der Waals surface area contributed by atoms with E-state index in [0.717, 1.165) is 43.6 Å². The number of hydrogen-bond acceptors (Lipinski definition) is 5. The van der Waals surface area contributed by atoms with Gasteiger partial charge in [-0.15, -0.1) is 11.3 Å². The van der Waals surface area contributed by atoms with Crippen molar-refractivity contribution < 1.29 is 13.2 Å². The van der Waals surface area contributed by atoms with Crippen LogP contribution in [-0.2, 0) is 6.42 Å². The van der Waals surface area contributed by atoms with E-state index in [4.69, 9.17) is 0 Å². The minimum Gasteiger partial charge on any atom is -0.367 e. The zero-order valence-corrected chi connectivity index (χ0v) is 18.6. The lowest BCUT2D eigenvalue weighted by Gasteiger charge is -2.29. The van der Waals surface area contributed by atoms with E-state index in [1.807, 2.05) is 0 Å². The fraction of sp³-hybridized carbons (Fsp3) is 0.500. The summed E-state index contributed by atoms with van der Waals surface area (Å²) >= 11 is 1.09. The highest BCUT2D eigenvalue weighted by atomic mass is 32.1. The van der Waals surface area contributed by atoms with Crippen molar-refractivity contribution in [3.63, 3.8) is 0 Å². The molecule has 0 bridgehead atoms. The van der Waals surface area contributed by atoms with Crippen LogP contribution in [0.4, 0.5) is 19.0 Å². The molecule has 0 spiro atoms. The Morgan fingerprint density at radius 2 is 1.81 bits per heavy atom. The van der Waals surface area contributed by atoms with E-state index in [1.54, 1.807) is 6.07 Å². The second-order valence-corrected chi connectivity index (χ2v) is 10.2. The SMILES string of the molecule is FC(F)(F)Cc1cc2c(NC3CCC(CN[C@H]4C[C@@H]4c4ccccc4)CC3)ncnc2s1. The van der Waals surface area contributed by atoms with Gasteiger partial charge < -0.3 is 10.6 Å². The van der Waals surface area contributed by atoms with Gasteiger partial charge in [-0.25, -0.2) is 9.97 Å². The van der Waals surface area contributed by atoms with Gasteiger partial charge in [-0.1, -0.05) is 30.3 Å². The number of fused-ring (bicyclic) bond motifs is 1. The fourth-order valence-corrected chi connectivity index (χ4v) is 5.84. The second-order valence-electron chi connectivity index (χ2n) is 9.08. The summed E-state index contributed by atoms with van der Waals surface area (Å²) < 4.78 is 38.3. The van der Waals surface area contributed by atoms with Crippen molar-refractivity contribution in [1.82, 2.24) is 15.3 Å². The highest BCUT2D eigenvalue weighted by Gasteiger charge is 2.38. The van der Waals surface area contributed by atoms with Crippen LogP contribution in [0.1, 0.15) is 48.5 Å². The van der Waals surface area contributed by atoms with E-state index in [-0.39, 0.29) is 4.88 Å².